The molecule has 0 radical (unpaired) electrons. The molecule has 4 nitrogen and oxygen atoms in total. The van der Waals surface area contributed by atoms with Crippen molar-refractivity contribution in [2.75, 3.05) is 18.9 Å². The number of rotatable bonds is 7. The molecule has 0 saturated heterocycles. The fourth-order valence-corrected chi connectivity index (χ4v) is 2.80. The summed E-state index contributed by atoms with van der Waals surface area (Å²) in [5, 5.41) is 13.0. The zero-order valence-corrected chi connectivity index (χ0v) is 15.5. The number of likely N-dealkylation sites (N-methyl/N-ethyl adjacent to an activating group) is 1. The highest BCUT2D eigenvalue weighted by Crippen LogP contribution is 2.20. The van der Waals surface area contributed by atoms with E-state index >= 15 is 0 Å². The summed E-state index contributed by atoms with van der Waals surface area (Å²) in [5.74, 6) is -0.0766. The number of nitrogens with zero attached hydrogens (tertiary/aromatic N) is 1. The number of benzene rings is 2. The number of nitrogens with one attached hydrogen (secondary N) is 1. The molecule has 0 aliphatic rings. The number of anilines is 1. The summed E-state index contributed by atoms with van der Waals surface area (Å²) in [4.78, 5) is 14.5. The predicted octanol–water partition coefficient (Wildman–Crippen LogP) is 3.31. The minimum absolute atomic E-state index is 0.0766. The zero-order valence-electron chi connectivity index (χ0n) is 15.5. The van der Waals surface area contributed by atoms with Gasteiger partial charge in [-0.25, -0.2) is 0 Å². The van der Waals surface area contributed by atoms with Crippen molar-refractivity contribution in [2.45, 2.75) is 38.8 Å². The fourth-order valence-electron chi connectivity index (χ4n) is 2.80. The first-order chi connectivity index (χ1) is 11.8. The molecule has 2 rings (SSSR count). The Hall–Kier alpha value is -2.17. The quantitative estimate of drug-likeness (QED) is 0.813. The molecule has 0 aromatic heterocycles. The lowest BCUT2D eigenvalue weighted by atomic mass is 10.0. The van der Waals surface area contributed by atoms with Gasteiger partial charge in [-0.3, -0.25) is 9.69 Å². The fraction of sp³-hybridized carbons (Fsp3) is 0.381. The number of carbonyl (C=O) groups excluding carboxylic acids is 1. The highest BCUT2D eigenvalue weighted by Gasteiger charge is 2.24. The van der Waals surface area contributed by atoms with Gasteiger partial charge in [-0.1, -0.05) is 48.5 Å². The summed E-state index contributed by atoms with van der Waals surface area (Å²) in [7, 11) is 1.85. The predicted molar refractivity (Wildman–Crippen MR) is 103 cm³/mol. The minimum atomic E-state index is -0.839. The van der Waals surface area contributed by atoms with E-state index in [0.29, 0.717) is 6.54 Å². The van der Waals surface area contributed by atoms with Crippen LogP contribution < -0.4 is 5.32 Å². The van der Waals surface area contributed by atoms with Gasteiger partial charge in [0.25, 0.3) is 0 Å². The third kappa shape index (κ3) is 6.00. The normalized spacial score (nSPS) is 12.9. The van der Waals surface area contributed by atoms with Crippen LogP contribution in [0, 0.1) is 0 Å². The summed E-state index contributed by atoms with van der Waals surface area (Å²) >= 11 is 0. The molecule has 0 spiro atoms. The van der Waals surface area contributed by atoms with Crippen LogP contribution in [0.1, 0.15) is 31.9 Å². The average Bonchev–Trinajstić information content (AvgIpc) is 2.55. The molecule has 0 aliphatic heterocycles. The third-order valence-electron chi connectivity index (χ3n) is 4.19. The van der Waals surface area contributed by atoms with Crippen LogP contribution >= 0.6 is 0 Å². The molecule has 4 heteroatoms. The van der Waals surface area contributed by atoms with Crippen LogP contribution in [0.5, 0.6) is 0 Å². The van der Waals surface area contributed by atoms with E-state index in [1.54, 1.807) is 13.8 Å². The lowest BCUT2D eigenvalue weighted by Crippen LogP contribution is -2.46. The smallest absolute Gasteiger partial charge is 0.241 e. The highest BCUT2D eigenvalue weighted by atomic mass is 16.3. The SMILES string of the molecule is CC(C(=O)Nc1ccccc1Cc1ccccc1)N(C)CC(C)(C)O. The molecule has 0 saturated carbocycles. The van der Waals surface area contributed by atoms with Gasteiger partial charge in [0.1, 0.15) is 0 Å². The van der Waals surface area contributed by atoms with Crippen molar-refractivity contribution in [3.05, 3.63) is 65.7 Å². The van der Waals surface area contributed by atoms with Gasteiger partial charge in [0, 0.05) is 12.2 Å². The first-order valence-electron chi connectivity index (χ1n) is 8.61. The molecule has 0 heterocycles. The zero-order chi connectivity index (χ0) is 18.4. The molecule has 2 aromatic carbocycles. The Kier molecular flexibility index (Phi) is 6.34. The topological polar surface area (TPSA) is 52.6 Å². The Morgan fingerprint density at radius 1 is 1.12 bits per heavy atom. The van der Waals surface area contributed by atoms with Crippen molar-refractivity contribution in [3.8, 4) is 0 Å². The molecule has 2 aromatic rings. The van der Waals surface area contributed by atoms with Crippen LogP contribution in [-0.2, 0) is 11.2 Å². The first-order valence-corrected chi connectivity index (χ1v) is 8.61. The summed E-state index contributed by atoms with van der Waals surface area (Å²) in [6.07, 6.45) is 0.769. The molecule has 1 amide bonds. The van der Waals surface area contributed by atoms with Crippen molar-refractivity contribution in [1.82, 2.24) is 4.90 Å². The Morgan fingerprint density at radius 2 is 1.72 bits per heavy atom. The van der Waals surface area contributed by atoms with Crippen LogP contribution in [-0.4, -0.2) is 41.1 Å². The number of amides is 1. The van der Waals surface area contributed by atoms with Gasteiger partial charge in [-0.15, -0.1) is 0 Å². The number of carbonyl (C=O) groups is 1. The maximum Gasteiger partial charge on any atom is 0.241 e. The first kappa shape index (κ1) is 19.2. The number of hydrogen-bond donors (Lipinski definition) is 2. The molecule has 0 fully saturated rings. The number of hydrogen-bond acceptors (Lipinski definition) is 3. The summed E-state index contributed by atoms with van der Waals surface area (Å²) in [6, 6.07) is 17.7. The van der Waals surface area contributed by atoms with Crippen molar-refractivity contribution < 1.29 is 9.90 Å². The average molecular weight is 340 g/mol. The molecule has 134 valence electrons. The second-order valence-corrected chi connectivity index (χ2v) is 7.21. The second kappa shape index (κ2) is 8.28. The third-order valence-corrected chi connectivity index (χ3v) is 4.19. The molecule has 1 atom stereocenters. The van der Waals surface area contributed by atoms with Crippen molar-refractivity contribution >= 4 is 11.6 Å². The van der Waals surface area contributed by atoms with Gasteiger partial charge in [-0.05, 0) is 51.4 Å². The highest BCUT2D eigenvalue weighted by molar-refractivity contribution is 5.95. The minimum Gasteiger partial charge on any atom is -0.389 e. The summed E-state index contributed by atoms with van der Waals surface area (Å²) < 4.78 is 0. The van der Waals surface area contributed by atoms with E-state index in [4.69, 9.17) is 0 Å². The van der Waals surface area contributed by atoms with E-state index in [-0.39, 0.29) is 11.9 Å². The van der Waals surface area contributed by atoms with Crippen LogP contribution in [0.25, 0.3) is 0 Å². The van der Waals surface area contributed by atoms with Crippen molar-refractivity contribution in [3.63, 3.8) is 0 Å². The van der Waals surface area contributed by atoms with E-state index in [1.165, 1.54) is 5.56 Å². The van der Waals surface area contributed by atoms with Gasteiger partial charge in [-0.2, -0.15) is 0 Å². The Morgan fingerprint density at radius 3 is 2.36 bits per heavy atom. The van der Waals surface area contributed by atoms with E-state index in [9.17, 15) is 9.90 Å². The molecule has 0 bridgehead atoms. The number of aliphatic hydroxyl groups is 1. The van der Waals surface area contributed by atoms with Gasteiger partial charge in [0.15, 0.2) is 0 Å². The van der Waals surface area contributed by atoms with Crippen molar-refractivity contribution in [1.29, 1.82) is 0 Å². The van der Waals surface area contributed by atoms with E-state index in [1.807, 2.05) is 61.3 Å². The maximum atomic E-state index is 12.6. The summed E-state index contributed by atoms with van der Waals surface area (Å²) in [5.41, 5.74) is 2.28. The van der Waals surface area contributed by atoms with Gasteiger partial charge in [0.2, 0.25) is 5.91 Å². The van der Waals surface area contributed by atoms with Crippen LogP contribution in [0.2, 0.25) is 0 Å². The van der Waals surface area contributed by atoms with Crippen molar-refractivity contribution in [2.24, 2.45) is 0 Å². The van der Waals surface area contributed by atoms with E-state index < -0.39 is 5.60 Å². The monoisotopic (exact) mass is 340 g/mol. The lowest BCUT2D eigenvalue weighted by molar-refractivity contribution is -0.121. The molecule has 25 heavy (non-hydrogen) atoms. The van der Waals surface area contributed by atoms with E-state index in [0.717, 1.165) is 17.7 Å². The van der Waals surface area contributed by atoms with Crippen LogP contribution in [0.4, 0.5) is 5.69 Å². The molecular formula is C21H28N2O2. The van der Waals surface area contributed by atoms with Gasteiger partial charge >= 0.3 is 0 Å². The van der Waals surface area contributed by atoms with E-state index in [2.05, 4.69) is 17.4 Å². The number of para-hydroxylation sites is 1. The largest absolute Gasteiger partial charge is 0.389 e. The lowest BCUT2D eigenvalue weighted by Gasteiger charge is -2.29. The summed E-state index contributed by atoms with van der Waals surface area (Å²) in [6.45, 7) is 5.75. The standard InChI is InChI=1S/C21H28N2O2/c1-16(23(4)15-21(2,3)25)20(24)22-19-13-9-8-12-18(19)14-17-10-6-5-7-11-17/h5-13,16,25H,14-15H2,1-4H3,(H,22,24). The van der Waals surface area contributed by atoms with Gasteiger partial charge in [0.05, 0.1) is 11.6 Å². The van der Waals surface area contributed by atoms with Crippen LogP contribution in [0.3, 0.4) is 0 Å². The second-order valence-electron chi connectivity index (χ2n) is 7.21. The maximum absolute atomic E-state index is 12.6. The molecule has 0 aliphatic carbocycles. The van der Waals surface area contributed by atoms with Gasteiger partial charge < -0.3 is 10.4 Å². The Bertz CT molecular complexity index is 693. The Labute approximate surface area is 150 Å². The Balaban J connectivity index is 2.08. The molecule has 1 unspecified atom stereocenters. The van der Waals surface area contributed by atoms with Crippen LogP contribution in [0.15, 0.2) is 54.6 Å². The molecular weight excluding hydrogens is 312 g/mol. The molecule has 2 N–H and O–H groups in total.